The van der Waals surface area contributed by atoms with Gasteiger partial charge in [-0.05, 0) is 70.1 Å². The third kappa shape index (κ3) is 6.71. The van der Waals surface area contributed by atoms with Crippen molar-refractivity contribution < 1.29 is 22.7 Å². The molecule has 1 N–H and O–H groups in total. The molecule has 264 valence electrons. The summed E-state index contributed by atoms with van der Waals surface area (Å²) in [4.78, 5) is 16.3. The molecule has 1 aliphatic heterocycles. The number of carbonyl (C=O) groups excluding carboxylic acids is 1. The minimum atomic E-state index is -4.28. The predicted molar refractivity (Wildman–Crippen MR) is 194 cm³/mol. The van der Waals surface area contributed by atoms with Crippen LogP contribution in [0.5, 0.6) is 5.75 Å². The fourth-order valence-electron chi connectivity index (χ4n) is 6.85. The third-order valence-corrected chi connectivity index (χ3v) is 9.80. The van der Waals surface area contributed by atoms with E-state index in [0.717, 1.165) is 22.3 Å². The predicted octanol–water partition coefficient (Wildman–Crippen LogP) is 9.32. The molecule has 0 radical (unpaired) electrons. The molecule has 1 aromatic heterocycles. The van der Waals surface area contributed by atoms with E-state index in [1.807, 2.05) is 103 Å². The topological polar surface area (TPSA) is 85.2 Å². The molecular formula is C40H34ClF3N6O2. The van der Waals surface area contributed by atoms with Crippen molar-refractivity contribution in [1.29, 1.82) is 0 Å². The van der Waals surface area contributed by atoms with Gasteiger partial charge < -0.3 is 15.0 Å². The molecule has 1 fully saturated rings. The van der Waals surface area contributed by atoms with E-state index in [1.54, 1.807) is 29.1 Å². The van der Waals surface area contributed by atoms with Crippen molar-refractivity contribution in [3.05, 3.63) is 149 Å². The van der Waals surface area contributed by atoms with Crippen LogP contribution in [0.4, 0.5) is 23.7 Å². The van der Waals surface area contributed by atoms with E-state index in [1.165, 1.54) is 12.0 Å². The second-order valence-corrected chi connectivity index (χ2v) is 13.0. The maximum Gasteiger partial charge on any atom is 0.391 e. The smallest absolute Gasteiger partial charge is 0.391 e. The lowest BCUT2D eigenvalue weighted by Gasteiger charge is -2.34. The Morgan fingerprint density at radius 2 is 1.37 bits per heavy atom. The van der Waals surface area contributed by atoms with Gasteiger partial charge >= 0.3 is 12.2 Å². The zero-order chi connectivity index (χ0) is 36.3. The number of likely N-dealkylation sites (tertiary alicyclic amines) is 1. The lowest BCUT2D eigenvalue weighted by atomic mass is 9.77. The van der Waals surface area contributed by atoms with Crippen molar-refractivity contribution in [2.24, 2.45) is 5.92 Å². The molecule has 6 aromatic rings. The average Bonchev–Trinajstić information content (AvgIpc) is 3.67. The van der Waals surface area contributed by atoms with Crippen molar-refractivity contribution in [2.45, 2.75) is 24.6 Å². The summed E-state index contributed by atoms with van der Waals surface area (Å²) in [6.07, 6.45) is -4.56. The number of benzene rings is 5. The van der Waals surface area contributed by atoms with E-state index < -0.39 is 23.7 Å². The lowest BCUT2D eigenvalue weighted by molar-refractivity contribution is -0.183. The van der Waals surface area contributed by atoms with E-state index in [9.17, 15) is 18.0 Å². The summed E-state index contributed by atoms with van der Waals surface area (Å²) in [6, 6.07) is 40.0. The van der Waals surface area contributed by atoms with Crippen LogP contribution in [0.3, 0.4) is 0 Å². The van der Waals surface area contributed by atoms with Gasteiger partial charge in [-0.1, -0.05) is 115 Å². The van der Waals surface area contributed by atoms with Crippen LogP contribution in [0.15, 0.2) is 127 Å². The highest BCUT2D eigenvalue weighted by molar-refractivity contribution is 6.32. The first-order valence-corrected chi connectivity index (χ1v) is 17.1. The molecule has 0 aliphatic carbocycles. The van der Waals surface area contributed by atoms with E-state index in [0.29, 0.717) is 27.6 Å². The number of urea groups is 1. The van der Waals surface area contributed by atoms with Crippen LogP contribution in [0.25, 0.3) is 22.5 Å². The van der Waals surface area contributed by atoms with Crippen molar-refractivity contribution in [1.82, 2.24) is 25.1 Å². The molecule has 2 amide bonds. The number of nitrogens with zero attached hydrogens (tertiary/aromatic N) is 5. The summed E-state index contributed by atoms with van der Waals surface area (Å²) in [5.41, 5.74) is 4.12. The van der Waals surface area contributed by atoms with Gasteiger partial charge in [-0.3, -0.25) is 0 Å². The van der Waals surface area contributed by atoms with Crippen LogP contribution < -0.4 is 10.1 Å². The Hall–Kier alpha value is -5.68. The van der Waals surface area contributed by atoms with E-state index in [4.69, 9.17) is 21.4 Å². The van der Waals surface area contributed by atoms with Crippen LogP contribution in [0.1, 0.15) is 29.5 Å². The first kappa shape index (κ1) is 34.8. The number of hydrogen-bond acceptors (Lipinski definition) is 5. The molecule has 0 atom stereocenters. The summed E-state index contributed by atoms with van der Waals surface area (Å²) >= 11 is 6.56. The van der Waals surface area contributed by atoms with Crippen LogP contribution in [0.2, 0.25) is 5.02 Å². The van der Waals surface area contributed by atoms with Gasteiger partial charge in [0.1, 0.15) is 5.75 Å². The number of anilines is 1. The van der Waals surface area contributed by atoms with Crippen molar-refractivity contribution in [3.8, 4) is 28.3 Å². The molecule has 2 heterocycles. The molecule has 0 saturated carbocycles. The minimum absolute atomic E-state index is 0.00171. The first-order chi connectivity index (χ1) is 25.2. The summed E-state index contributed by atoms with van der Waals surface area (Å²) in [5.74, 6) is -0.633. The summed E-state index contributed by atoms with van der Waals surface area (Å²) in [5, 5.41) is 17.7. The standard InChI is InChI=1S/C40H34ClF3N6O2/c1-52-36-20-17-27(25-35(36)41)33-19-18-32(45-38(51)49-23-21-31(22-24-49)40(42,43)44)26-34(33)37-46-48-50(47-37)39(28-11-5-2-6-12-28,29-13-7-3-8-14-29)30-15-9-4-10-16-30/h2-20,25-26,31H,21-24H2,1H3,(H,45,51). The van der Waals surface area contributed by atoms with Gasteiger partial charge in [-0.2, -0.15) is 13.2 Å². The quantitative estimate of drug-likeness (QED) is 0.158. The fraction of sp³-hybridized carbons (Fsp3) is 0.200. The Balaban J connectivity index is 1.34. The molecule has 0 unspecified atom stereocenters. The second kappa shape index (κ2) is 14.5. The number of tetrazole rings is 1. The van der Waals surface area contributed by atoms with Gasteiger partial charge in [-0.15, -0.1) is 15.0 Å². The van der Waals surface area contributed by atoms with Crippen LogP contribution in [0, 0.1) is 5.92 Å². The van der Waals surface area contributed by atoms with Gasteiger partial charge in [0.2, 0.25) is 5.82 Å². The van der Waals surface area contributed by atoms with Crippen LogP contribution in [-0.4, -0.2) is 57.5 Å². The molecular weight excluding hydrogens is 689 g/mol. The van der Waals surface area contributed by atoms with Crippen LogP contribution >= 0.6 is 11.6 Å². The number of nitrogens with one attached hydrogen (secondary N) is 1. The summed E-state index contributed by atoms with van der Waals surface area (Å²) in [6.45, 7) is 0.00341. The molecule has 52 heavy (non-hydrogen) atoms. The van der Waals surface area contributed by atoms with Gasteiger partial charge in [0, 0.05) is 24.3 Å². The number of hydrogen-bond donors (Lipinski definition) is 1. The Bertz CT molecular complexity index is 2060. The largest absolute Gasteiger partial charge is 0.495 e. The highest BCUT2D eigenvalue weighted by atomic mass is 35.5. The number of rotatable bonds is 8. The molecule has 7 rings (SSSR count). The molecule has 1 aliphatic rings. The Morgan fingerprint density at radius 3 is 1.88 bits per heavy atom. The van der Waals surface area contributed by atoms with Crippen molar-refractivity contribution in [2.75, 3.05) is 25.5 Å². The van der Waals surface area contributed by atoms with Gasteiger partial charge in [0.05, 0.1) is 18.1 Å². The minimum Gasteiger partial charge on any atom is -0.495 e. The van der Waals surface area contributed by atoms with Crippen molar-refractivity contribution in [3.63, 3.8) is 0 Å². The number of halogens is 4. The second-order valence-electron chi connectivity index (χ2n) is 12.6. The summed E-state index contributed by atoms with van der Waals surface area (Å²) in [7, 11) is 1.54. The number of methoxy groups -OCH3 is 1. The molecule has 1 saturated heterocycles. The molecule has 0 spiro atoms. The number of carbonyl (C=O) groups is 1. The van der Waals surface area contributed by atoms with Crippen LogP contribution in [-0.2, 0) is 5.54 Å². The lowest BCUT2D eigenvalue weighted by Crippen LogP contribution is -2.43. The monoisotopic (exact) mass is 722 g/mol. The Labute approximate surface area is 303 Å². The normalized spacial score (nSPS) is 13.9. The van der Waals surface area contributed by atoms with Gasteiger partial charge in [0.25, 0.3) is 0 Å². The Morgan fingerprint density at radius 1 is 0.788 bits per heavy atom. The third-order valence-electron chi connectivity index (χ3n) is 9.51. The zero-order valence-corrected chi connectivity index (χ0v) is 28.9. The molecule has 8 nitrogen and oxygen atoms in total. The zero-order valence-electron chi connectivity index (χ0n) is 28.1. The first-order valence-electron chi connectivity index (χ1n) is 16.8. The summed E-state index contributed by atoms with van der Waals surface area (Å²) < 4.78 is 45.2. The maximum atomic E-state index is 13.3. The van der Waals surface area contributed by atoms with Gasteiger partial charge in [0.15, 0.2) is 5.54 Å². The average molecular weight is 723 g/mol. The highest BCUT2D eigenvalue weighted by Crippen LogP contribution is 2.41. The fourth-order valence-corrected chi connectivity index (χ4v) is 7.11. The number of amides is 2. The molecule has 5 aromatic carbocycles. The number of alkyl halides is 3. The SMILES string of the molecule is COc1ccc(-c2ccc(NC(=O)N3CCC(C(F)(F)F)CC3)cc2-c2nnn(C(c3ccccc3)(c3ccccc3)c3ccccc3)n2)cc1Cl. The van der Waals surface area contributed by atoms with E-state index >= 15 is 0 Å². The molecule has 12 heteroatoms. The Kier molecular flexibility index (Phi) is 9.70. The van der Waals surface area contributed by atoms with E-state index in [-0.39, 0.29) is 31.8 Å². The van der Waals surface area contributed by atoms with E-state index in [2.05, 4.69) is 15.6 Å². The number of ether oxygens (including phenoxy) is 1. The number of aromatic nitrogens is 4. The maximum absolute atomic E-state index is 13.3. The highest BCUT2D eigenvalue weighted by Gasteiger charge is 2.43. The van der Waals surface area contributed by atoms with Crippen molar-refractivity contribution >= 4 is 23.3 Å². The molecule has 0 bridgehead atoms. The van der Waals surface area contributed by atoms with Gasteiger partial charge in [-0.25, -0.2) is 4.79 Å². The number of piperidine rings is 1.